The van der Waals surface area contributed by atoms with E-state index in [0.29, 0.717) is 33.7 Å². The molecule has 1 saturated heterocycles. The van der Waals surface area contributed by atoms with Crippen LogP contribution in [0.15, 0.2) is 24.5 Å². The number of benzene rings is 1. The Hall–Kier alpha value is -3.44. The number of nitrogens with one attached hydrogen (secondary N) is 2. The number of amides is 2. The third kappa shape index (κ3) is 5.46. The smallest absolute Gasteiger partial charge is 0.267 e. The number of ether oxygens (including phenoxy) is 1. The second-order valence-electron chi connectivity index (χ2n) is 8.71. The van der Waals surface area contributed by atoms with E-state index in [0.717, 1.165) is 30.5 Å². The topological polar surface area (TPSA) is 122 Å². The predicted octanol–water partition coefficient (Wildman–Crippen LogP) is 3.60. The zero-order valence-corrected chi connectivity index (χ0v) is 21.1. The summed E-state index contributed by atoms with van der Waals surface area (Å²) in [5, 5.41) is 21.0. The van der Waals surface area contributed by atoms with E-state index in [1.807, 2.05) is 24.9 Å². The van der Waals surface area contributed by atoms with Crippen molar-refractivity contribution >= 4 is 39.8 Å². The minimum atomic E-state index is -0.309. The zero-order chi connectivity index (χ0) is 25.1. The maximum Gasteiger partial charge on any atom is 0.267 e. The number of aryl methyl sites for hydroxylation is 2. The highest BCUT2D eigenvalue weighted by molar-refractivity contribution is 7.17. The fourth-order valence-electron chi connectivity index (χ4n) is 4.23. The minimum absolute atomic E-state index is 0.0179. The van der Waals surface area contributed by atoms with E-state index >= 15 is 0 Å². The van der Waals surface area contributed by atoms with Gasteiger partial charge in [-0.1, -0.05) is 17.4 Å². The van der Waals surface area contributed by atoms with Gasteiger partial charge in [-0.25, -0.2) is 4.98 Å². The van der Waals surface area contributed by atoms with E-state index in [1.54, 1.807) is 30.8 Å². The van der Waals surface area contributed by atoms with Crippen molar-refractivity contribution in [3.8, 4) is 5.75 Å². The van der Waals surface area contributed by atoms with Gasteiger partial charge in [0.2, 0.25) is 5.91 Å². The standard InChI is InChI=1S/C24H30N6O4S/c1-14-7-8-18(31)16(3)21(14)26-23(33)19-10-25-24(35-19)27-22-15(2)11-29(28-22)12-20(32)30-9-5-6-17(30)13-34-4/h7-8,10-11,17,31H,5-6,9,12-13H2,1-4H3,(H,26,33)(H,25,27,28)/t17-/m1/s1. The van der Waals surface area contributed by atoms with Crippen LogP contribution in [-0.4, -0.2) is 62.9 Å². The van der Waals surface area contributed by atoms with E-state index in [2.05, 4.69) is 20.7 Å². The number of rotatable bonds is 8. The number of likely N-dealkylation sites (tertiary alicyclic amines) is 1. The van der Waals surface area contributed by atoms with Crippen LogP contribution < -0.4 is 10.6 Å². The van der Waals surface area contributed by atoms with Crippen LogP contribution in [0.2, 0.25) is 0 Å². The average Bonchev–Trinajstić information content (AvgIpc) is 3.55. The molecule has 1 aromatic carbocycles. The normalized spacial score (nSPS) is 15.4. The van der Waals surface area contributed by atoms with Gasteiger partial charge in [0.05, 0.1) is 24.5 Å². The molecule has 3 aromatic rings. The third-order valence-corrected chi connectivity index (χ3v) is 7.05. The van der Waals surface area contributed by atoms with E-state index in [9.17, 15) is 14.7 Å². The van der Waals surface area contributed by atoms with Gasteiger partial charge in [0.25, 0.3) is 5.91 Å². The summed E-state index contributed by atoms with van der Waals surface area (Å²) in [7, 11) is 1.65. The first-order valence-electron chi connectivity index (χ1n) is 11.4. The molecule has 1 atom stereocenters. The number of aromatic nitrogens is 3. The molecule has 0 radical (unpaired) electrons. The van der Waals surface area contributed by atoms with Crippen LogP contribution in [0.3, 0.4) is 0 Å². The number of thiazole rings is 1. The Labute approximate surface area is 207 Å². The van der Waals surface area contributed by atoms with Crippen molar-refractivity contribution in [3.63, 3.8) is 0 Å². The highest BCUT2D eigenvalue weighted by atomic mass is 32.1. The van der Waals surface area contributed by atoms with Gasteiger partial charge in [-0.2, -0.15) is 5.10 Å². The molecule has 10 nitrogen and oxygen atoms in total. The van der Waals surface area contributed by atoms with Crippen molar-refractivity contribution in [3.05, 3.63) is 46.1 Å². The number of carbonyl (C=O) groups excluding carboxylic acids is 2. The van der Waals surface area contributed by atoms with Crippen LogP contribution in [0.5, 0.6) is 5.75 Å². The first-order chi connectivity index (χ1) is 16.8. The van der Waals surface area contributed by atoms with Crippen LogP contribution in [0.25, 0.3) is 0 Å². The number of methoxy groups -OCH3 is 1. The third-order valence-electron chi connectivity index (χ3n) is 6.14. The number of phenols is 1. The minimum Gasteiger partial charge on any atom is -0.508 e. The molecule has 0 aliphatic carbocycles. The molecule has 0 unspecified atom stereocenters. The summed E-state index contributed by atoms with van der Waals surface area (Å²) in [5.74, 6) is 0.412. The maximum atomic E-state index is 12.8. The van der Waals surface area contributed by atoms with Gasteiger partial charge in [0.1, 0.15) is 17.2 Å². The van der Waals surface area contributed by atoms with Crippen LogP contribution in [-0.2, 0) is 16.1 Å². The molecular formula is C24H30N6O4S. The molecule has 2 amide bonds. The van der Waals surface area contributed by atoms with Gasteiger partial charge in [-0.3, -0.25) is 14.3 Å². The maximum absolute atomic E-state index is 12.8. The predicted molar refractivity (Wildman–Crippen MR) is 135 cm³/mol. The summed E-state index contributed by atoms with van der Waals surface area (Å²) < 4.78 is 6.86. The Bertz CT molecular complexity index is 1240. The second-order valence-corrected chi connectivity index (χ2v) is 9.74. The Morgan fingerprint density at radius 2 is 2.06 bits per heavy atom. The largest absolute Gasteiger partial charge is 0.508 e. The van der Waals surface area contributed by atoms with E-state index in [-0.39, 0.29) is 30.2 Å². The zero-order valence-electron chi connectivity index (χ0n) is 20.3. The van der Waals surface area contributed by atoms with Crippen molar-refractivity contribution in [1.82, 2.24) is 19.7 Å². The molecule has 1 aliphatic rings. The summed E-state index contributed by atoms with van der Waals surface area (Å²) in [6, 6.07) is 3.48. The molecular weight excluding hydrogens is 468 g/mol. The molecule has 186 valence electrons. The highest BCUT2D eigenvalue weighted by Crippen LogP contribution is 2.30. The summed E-state index contributed by atoms with van der Waals surface area (Å²) in [4.78, 5) is 32.1. The Kier molecular flexibility index (Phi) is 7.37. The second kappa shape index (κ2) is 10.4. The number of phenolic OH excluding ortho intramolecular Hbond substituents is 1. The lowest BCUT2D eigenvalue weighted by Gasteiger charge is -2.24. The van der Waals surface area contributed by atoms with Gasteiger partial charge >= 0.3 is 0 Å². The Morgan fingerprint density at radius 3 is 2.83 bits per heavy atom. The van der Waals surface area contributed by atoms with Crippen molar-refractivity contribution in [2.45, 2.75) is 46.2 Å². The van der Waals surface area contributed by atoms with Gasteiger partial charge in [0, 0.05) is 31.0 Å². The van der Waals surface area contributed by atoms with E-state index in [4.69, 9.17) is 4.74 Å². The number of nitrogens with zero attached hydrogens (tertiary/aromatic N) is 4. The summed E-state index contributed by atoms with van der Waals surface area (Å²) in [6.45, 7) is 6.95. The lowest BCUT2D eigenvalue weighted by molar-refractivity contribution is -0.133. The molecule has 1 fully saturated rings. The Morgan fingerprint density at radius 1 is 1.26 bits per heavy atom. The molecule has 0 spiro atoms. The van der Waals surface area contributed by atoms with Crippen molar-refractivity contribution in [2.75, 3.05) is 30.9 Å². The van der Waals surface area contributed by atoms with Crippen LogP contribution in [0.4, 0.5) is 16.6 Å². The monoisotopic (exact) mass is 498 g/mol. The van der Waals surface area contributed by atoms with Gasteiger partial charge in [-0.05, 0) is 45.2 Å². The van der Waals surface area contributed by atoms with Crippen molar-refractivity contribution < 1.29 is 19.4 Å². The number of anilines is 3. The summed E-state index contributed by atoms with van der Waals surface area (Å²) in [5.41, 5.74) is 2.91. The fraction of sp³-hybridized carbons (Fsp3) is 0.417. The quantitative estimate of drug-likeness (QED) is 0.434. The average molecular weight is 499 g/mol. The first-order valence-corrected chi connectivity index (χ1v) is 12.2. The van der Waals surface area contributed by atoms with E-state index in [1.165, 1.54) is 17.5 Å². The molecule has 11 heteroatoms. The Balaban J connectivity index is 1.40. The van der Waals surface area contributed by atoms with Gasteiger partial charge < -0.3 is 25.4 Å². The van der Waals surface area contributed by atoms with E-state index < -0.39 is 0 Å². The van der Waals surface area contributed by atoms with Crippen LogP contribution >= 0.6 is 11.3 Å². The summed E-state index contributed by atoms with van der Waals surface area (Å²) >= 11 is 1.19. The number of hydrogen-bond acceptors (Lipinski definition) is 8. The molecule has 0 bridgehead atoms. The van der Waals surface area contributed by atoms with Gasteiger partial charge in [-0.15, -0.1) is 0 Å². The molecule has 1 aliphatic heterocycles. The molecule has 2 aromatic heterocycles. The van der Waals surface area contributed by atoms with Crippen molar-refractivity contribution in [2.24, 2.45) is 0 Å². The molecule has 4 rings (SSSR count). The highest BCUT2D eigenvalue weighted by Gasteiger charge is 2.28. The SMILES string of the molecule is COC[C@H]1CCCN1C(=O)Cn1cc(C)c(Nc2ncc(C(=O)Nc3c(C)ccc(O)c3C)s2)n1. The molecule has 35 heavy (non-hydrogen) atoms. The number of hydrogen-bond donors (Lipinski definition) is 3. The lowest BCUT2D eigenvalue weighted by Crippen LogP contribution is -2.40. The van der Waals surface area contributed by atoms with Crippen LogP contribution in [0.1, 0.15) is 39.2 Å². The summed E-state index contributed by atoms with van der Waals surface area (Å²) in [6.07, 6.45) is 5.25. The number of aromatic hydroxyl groups is 1. The van der Waals surface area contributed by atoms with Crippen LogP contribution in [0, 0.1) is 20.8 Å². The van der Waals surface area contributed by atoms with Gasteiger partial charge in [0.15, 0.2) is 10.9 Å². The molecule has 3 heterocycles. The molecule has 3 N–H and O–H groups in total. The van der Waals surface area contributed by atoms with Crippen molar-refractivity contribution in [1.29, 1.82) is 0 Å². The lowest BCUT2D eigenvalue weighted by atomic mass is 10.1. The number of carbonyl (C=O) groups is 2. The first kappa shape index (κ1) is 24.7. The molecule has 0 saturated carbocycles. The fourth-order valence-corrected chi connectivity index (χ4v) is 4.94.